The first-order valence-electron chi connectivity index (χ1n) is 6.80. The Morgan fingerprint density at radius 1 is 1.35 bits per heavy atom. The van der Waals surface area contributed by atoms with E-state index in [9.17, 15) is 13.2 Å². The van der Waals surface area contributed by atoms with Gasteiger partial charge in [0.25, 0.3) is 10.0 Å². The molecule has 0 radical (unpaired) electrons. The van der Waals surface area contributed by atoms with Crippen molar-refractivity contribution in [2.45, 2.75) is 11.8 Å². The van der Waals surface area contributed by atoms with Crippen LogP contribution in [0.2, 0.25) is 0 Å². The fourth-order valence-electron chi connectivity index (χ4n) is 2.01. The predicted molar refractivity (Wildman–Crippen MR) is 83.0 cm³/mol. The average molecular weight is 339 g/mol. The summed E-state index contributed by atoms with van der Waals surface area (Å²) in [6, 6.07) is 5.61. The first-order valence-corrected chi connectivity index (χ1v) is 8.24. The zero-order valence-corrected chi connectivity index (χ0v) is 13.5. The van der Waals surface area contributed by atoms with Gasteiger partial charge in [0.2, 0.25) is 0 Å². The van der Waals surface area contributed by atoms with Gasteiger partial charge in [0.1, 0.15) is 5.75 Å². The number of sulfonamides is 1. The number of aryl methyl sites for hydroxylation is 1. The summed E-state index contributed by atoms with van der Waals surface area (Å²) in [5, 5.41) is 12.5. The molecule has 0 saturated heterocycles. The molecule has 0 saturated carbocycles. The molecule has 124 valence electrons. The topological polar surface area (TPSA) is 102 Å². The lowest BCUT2D eigenvalue weighted by Crippen LogP contribution is -2.30. The third-order valence-corrected chi connectivity index (χ3v) is 4.96. The molecule has 2 rings (SSSR count). The number of nitrogens with zero attached hydrogens (tertiary/aromatic N) is 3. The molecule has 1 aromatic heterocycles. The van der Waals surface area contributed by atoms with Crippen molar-refractivity contribution in [3.63, 3.8) is 0 Å². The van der Waals surface area contributed by atoms with E-state index in [4.69, 9.17) is 9.84 Å². The minimum Gasteiger partial charge on any atom is -0.482 e. The Morgan fingerprint density at radius 2 is 2.00 bits per heavy atom. The molecule has 2 aromatic rings. The van der Waals surface area contributed by atoms with Crippen molar-refractivity contribution < 1.29 is 23.1 Å². The molecule has 0 atom stereocenters. The van der Waals surface area contributed by atoms with Gasteiger partial charge in [0.15, 0.2) is 6.61 Å². The third-order valence-electron chi connectivity index (χ3n) is 3.04. The maximum atomic E-state index is 12.7. The quantitative estimate of drug-likeness (QED) is 0.810. The molecule has 23 heavy (non-hydrogen) atoms. The largest absolute Gasteiger partial charge is 0.482 e. The molecule has 0 spiro atoms. The van der Waals surface area contributed by atoms with Crippen LogP contribution < -0.4 is 9.04 Å². The van der Waals surface area contributed by atoms with Gasteiger partial charge in [-0.3, -0.25) is 8.99 Å². The standard InChI is InChI=1S/C14H17N3O5S/c1-3-17(11-8-15-16(2)9-11)23(20,21)13-6-4-12(5-7-13)22-10-14(18)19/h4-9H,3,10H2,1-2H3,(H,18,19). The van der Waals surface area contributed by atoms with Crippen LogP contribution in [0.15, 0.2) is 41.6 Å². The molecule has 9 heteroatoms. The van der Waals surface area contributed by atoms with E-state index in [0.29, 0.717) is 5.69 Å². The number of aliphatic carboxylic acids is 1. The summed E-state index contributed by atoms with van der Waals surface area (Å²) in [4.78, 5) is 10.5. The van der Waals surface area contributed by atoms with Crippen molar-refractivity contribution in [3.8, 4) is 5.75 Å². The van der Waals surface area contributed by atoms with Crippen molar-refractivity contribution in [1.82, 2.24) is 9.78 Å². The highest BCUT2D eigenvalue weighted by Gasteiger charge is 2.24. The van der Waals surface area contributed by atoms with Crippen molar-refractivity contribution in [3.05, 3.63) is 36.7 Å². The van der Waals surface area contributed by atoms with Gasteiger partial charge in [-0.15, -0.1) is 0 Å². The van der Waals surface area contributed by atoms with E-state index in [1.165, 1.54) is 39.4 Å². The monoisotopic (exact) mass is 339 g/mol. The number of rotatable bonds is 7. The molecule has 0 aliphatic carbocycles. The second-order valence-corrected chi connectivity index (χ2v) is 6.56. The summed E-state index contributed by atoms with van der Waals surface area (Å²) in [6.45, 7) is 1.50. The minimum absolute atomic E-state index is 0.0888. The Bertz CT molecular complexity index is 783. The number of carbonyl (C=O) groups is 1. The zero-order valence-electron chi connectivity index (χ0n) is 12.7. The maximum Gasteiger partial charge on any atom is 0.341 e. The van der Waals surface area contributed by atoms with Crippen molar-refractivity contribution in [1.29, 1.82) is 0 Å². The number of ether oxygens (including phenoxy) is 1. The fourth-order valence-corrected chi connectivity index (χ4v) is 3.45. The van der Waals surface area contributed by atoms with Gasteiger partial charge in [0, 0.05) is 19.8 Å². The lowest BCUT2D eigenvalue weighted by molar-refractivity contribution is -0.139. The number of hydrogen-bond donors (Lipinski definition) is 1. The van der Waals surface area contributed by atoms with E-state index in [0.717, 1.165) is 0 Å². The van der Waals surface area contributed by atoms with Gasteiger partial charge in [-0.25, -0.2) is 13.2 Å². The summed E-state index contributed by atoms with van der Waals surface area (Å²) in [5.41, 5.74) is 0.473. The lowest BCUT2D eigenvalue weighted by atomic mass is 10.3. The summed E-state index contributed by atoms with van der Waals surface area (Å²) < 4.78 is 33.2. The van der Waals surface area contributed by atoms with E-state index in [1.54, 1.807) is 20.2 Å². The van der Waals surface area contributed by atoms with E-state index < -0.39 is 22.6 Å². The molecule has 0 fully saturated rings. The SMILES string of the molecule is CCN(c1cnn(C)c1)S(=O)(=O)c1ccc(OCC(=O)O)cc1. The minimum atomic E-state index is -3.73. The molecule has 1 heterocycles. The number of benzene rings is 1. The third kappa shape index (κ3) is 3.81. The molecule has 0 unspecified atom stereocenters. The Kier molecular flexibility index (Phi) is 4.89. The average Bonchev–Trinajstić information content (AvgIpc) is 2.92. The van der Waals surface area contributed by atoms with Crippen LogP contribution in [-0.2, 0) is 21.9 Å². The van der Waals surface area contributed by atoms with Crippen molar-refractivity contribution >= 4 is 21.7 Å². The first-order chi connectivity index (χ1) is 10.8. The lowest BCUT2D eigenvalue weighted by Gasteiger charge is -2.21. The van der Waals surface area contributed by atoms with Crippen LogP contribution in [0.5, 0.6) is 5.75 Å². The summed E-state index contributed by atoms with van der Waals surface area (Å²) in [7, 11) is -2.02. The molecule has 0 aliphatic heterocycles. The molecule has 0 amide bonds. The Hall–Kier alpha value is -2.55. The highest BCUT2D eigenvalue weighted by molar-refractivity contribution is 7.92. The molecule has 0 aliphatic rings. The fraction of sp³-hybridized carbons (Fsp3) is 0.286. The van der Waals surface area contributed by atoms with Crippen LogP contribution in [-0.4, -0.2) is 42.4 Å². The van der Waals surface area contributed by atoms with Crippen molar-refractivity contribution in [2.75, 3.05) is 17.5 Å². The van der Waals surface area contributed by atoms with Gasteiger partial charge < -0.3 is 9.84 Å². The van der Waals surface area contributed by atoms with Crippen LogP contribution in [0.4, 0.5) is 5.69 Å². The number of carboxylic acid groups (broad SMARTS) is 1. The van der Waals surface area contributed by atoms with Crippen LogP contribution in [0.25, 0.3) is 0 Å². The summed E-state index contributed by atoms with van der Waals surface area (Å²) in [6.07, 6.45) is 3.09. The van der Waals surface area contributed by atoms with E-state index >= 15 is 0 Å². The highest BCUT2D eigenvalue weighted by atomic mass is 32.2. The van der Waals surface area contributed by atoms with Crippen LogP contribution in [0, 0.1) is 0 Å². The second kappa shape index (κ2) is 6.69. The predicted octanol–water partition coefficient (Wildman–Crippen LogP) is 1.10. The van der Waals surface area contributed by atoms with Crippen LogP contribution >= 0.6 is 0 Å². The van der Waals surface area contributed by atoms with Gasteiger partial charge in [0.05, 0.1) is 16.8 Å². The number of aromatic nitrogens is 2. The second-order valence-electron chi connectivity index (χ2n) is 4.70. The molecule has 1 aromatic carbocycles. The molecular weight excluding hydrogens is 322 g/mol. The maximum absolute atomic E-state index is 12.7. The van der Waals surface area contributed by atoms with E-state index in [1.807, 2.05) is 0 Å². The molecule has 8 nitrogen and oxygen atoms in total. The first kappa shape index (κ1) is 16.8. The van der Waals surface area contributed by atoms with Gasteiger partial charge in [-0.1, -0.05) is 0 Å². The van der Waals surface area contributed by atoms with Crippen LogP contribution in [0.3, 0.4) is 0 Å². The van der Waals surface area contributed by atoms with E-state index in [2.05, 4.69) is 5.10 Å². The van der Waals surface area contributed by atoms with Gasteiger partial charge in [-0.2, -0.15) is 5.10 Å². The number of hydrogen-bond acceptors (Lipinski definition) is 5. The smallest absolute Gasteiger partial charge is 0.341 e. The molecule has 1 N–H and O–H groups in total. The zero-order chi connectivity index (χ0) is 17.0. The Morgan fingerprint density at radius 3 is 2.48 bits per heavy atom. The van der Waals surface area contributed by atoms with Gasteiger partial charge >= 0.3 is 5.97 Å². The normalized spacial score (nSPS) is 11.2. The Labute approximate surface area is 134 Å². The molecule has 0 bridgehead atoms. The summed E-state index contributed by atoms with van der Waals surface area (Å²) >= 11 is 0. The van der Waals surface area contributed by atoms with E-state index in [-0.39, 0.29) is 17.2 Å². The van der Waals surface area contributed by atoms with Crippen molar-refractivity contribution in [2.24, 2.45) is 7.05 Å². The highest BCUT2D eigenvalue weighted by Crippen LogP contribution is 2.24. The Balaban J connectivity index is 2.26. The molecular formula is C14H17N3O5S. The number of carboxylic acids is 1. The van der Waals surface area contributed by atoms with Crippen LogP contribution in [0.1, 0.15) is 6.92 Å². The van der Waals surface area contributed by atoms with Gasteiger partial charge in [-0.05, 0) is 31.2 Å². The number of anilines is 1. The summed E-state index contributed by atoms with van der Waals surface area (Å²) in [5.74, 6) is -0.814.